The van der Waals surface area contributed by atoms with Gasteiger partial charge in [0.2, 0.25) is 10.0 Å². The van der Waals surface area contributed by atoms with Crippen molar-refractivity contribution < 1.29 is 27.9 Å². The fourth-order valence-electron chi connectivity index (χ4n) is 3.00. The van der Waals surface area contributed by atoms with Crippen LogP contribution in [-0.4, -0.2) is 76.9 Å². The van der Waals surface area contributed by atoms with Gasteiger partial charge in [0.25, 0.3) is 5.91 Å². The molecule has 2 N–H and O–H groups in total. The van der Waals surface area contributed by atoms with Gasteiger partial charge in [0, 0.05) is 12.1 Å². The van der Waals surface area contributed by atoms with Crippen molar-refractivity contribution in [3.8, 4) is 11.5 Å². The number of carbonyl (C=O) groups is 1. The van der Waals surface area contributed by atoms with Crippen molar-refractivity contribution in [2.24, 2.45) is 0 Å². The number of ether oxygens (including phenoxy) is 2. The summed E-state index contributed by atoms with van der Waals surface area (Å²) < 4.78 is 36.8. The number of sulfonamides is 1. The lowest BCUT2D eigenvalue weighted by molar-refractivity contribution is -0.0683. The summed E-state index contributed by atoms with van der Waals surface area (Å²) in [6.07, 6.45) is 1.87. The van der Waals surface area contributed by atoms with E-state index in [1.54, 1.807) is 0 Å². The van der Waals surface area contributed by atoms with E-state index in [0.717, 1.165) is 25.5 Å². The fourth-order valence-corrected chi connectivity index (χ4v) is 3.77. The number of likely N-dealkylation sites (tertiary alicyclic amines) is 1. The van der Waals surface area contributed by atoms with Crippen LogP contribution in [0.1, 0.15) is 23.2 Å². The molecule has 1 aliphatic rings. The van der Waals surface area contributed by atoms with E-state index >= 15 is 0 Å². The number of hydrogen-bond donors (Lipinski definition) is 2. The number of carbonyl (C=O) groups excluding carboxylic acids is 1. The second-order valence-electron chi connectivity index (χ2n) is 6.08. The molecule has 0 bridgehead atoms. The van der Waals surface area contributed by atoms with Crippen LogP contribution in [0.5, 0.6) is 11.5 Å². The maximum Gasteiger partial charge on any atom is 0.281 e. The van der Waals surface area contributed by atoms with Crippen LogP contribution >= 0.6 is 0 Å². The molecule has 10 heteroatoms. The highest BCUT2D eigenvalue weighted by molar-refractivity contribution is 7.89. The predicted molar refractivity (Wildman–Crippen MR) is 94.3 cm³/mol. The lowest BCUT2D eigenvalue weighted by Gasteiger charge is -2.25. The third-order valence-corrected chi connectivity index (χ3v) is 5.95. The fraction of sp³-hybridized carbons (Fsp3) is 0.562. The molecule has 146 valence electrons. The molecule has 1 atom stereocenters. The van der Waals surface area contributed by atoms with Crippen molar-refractivity contribution in [1.82, 2.24) is 14.7 Å². The van der Waals surface area contributed by atoms with Crippen molar-refractivity contribution in [2.45, 2.75) is 23.8 Å². The monoisotopic (exact) mass is 387 g/mol. The molecule has 1 aromatic rings. The van der Waals surface area contributed by atoms with Gasteiger partial charge in [-0.2, -0.15) is 0 Å². The van der Waals surface area contributed by atoms with E-state index in [2.05, 4.69) is 9.62 Å². The van der Waals surface area contributed by atoms with Gasteiger partial charge in [-0.25, -0.2) is 18.2 Å². The van der Waals surface area contributed by atoms with Gasteiger partial charge in [0.15, 0.2) is 11.5 Å². The number of nitrogens with zero attached hydrogens (tertiary/aromatic N) is 2. The van der Waals surface area contributed by atoms with Crippen LogP contribution in [0, 0.1) is 0 Å². The standard InChI is InChI=1S/C16H25N3O6S/c1-17-26(22,23)12-8-13(15(25-4)14(9-12)24-3)16(20)19(21)10-11-6-5-7-18(11)2/h8-9,11,17,21H,5-7,10H2,1-4H3. The minimum atomic E-state index is -3.81. The first kappa shape index (κ1) is 20.4. The molecule has 1 unspecified atom stereocenters. The van der Waals surface area contributed by atoms with Crippen molar-refractivity contribution in [1.29, 1.82) is 0 Å². The summed E-state index contributed by atoms with van der Waals surface area (Å²) in [5, 5.41) is 10.9. The first-order valence-electron chi connectivity index (χ1n) is 8.15. The van der Waals surface area contributed by atoms with Crippen molar-refractivity contribution in [3.05, 3.63) is 17.7 Å². The Morgan fingerprint density at radius 1 is 1.38 bits per heavy atom. The molecule has 26 heavy (non-hydrogen) atoms. The normalized spacial score (nSPS) is 18.0. The smallest absolute Gasteiger partial charge is 0.281 e. The number of nitrogens with one attached hydrogen (secondary N) is 1. The summed E-state index contributed by atoms with van der Waals surface area (Å²) in [6.45, 7) is 1.02. The van der Waals surface area contributed by atoms with E-state index in [0.29, 0.717) is 5.06 Å². The molecule has 0 saturated carbocycles. The van der Waals surface area contributed by atoms with Crippen LogP contribution in [-0.2, 0) is 10.0 Å². The van der Waals surface area contributed by atoms with Crippen LogP contribution in [0.4, 0.5) is 0 Å². The molecule has 0 aromatic heterocycles. The molecule has 1 amide bonds. The van der Waals surface area contributed by atoms with Gasteiger partial charge in [0.1, 0.15) is 0 Å². The molecule has 1 saturated heterocycles. The lowest BCUT2D eigenvalue weighted by Crippen LogP contribution is -2.40. The zero-order valence-electron chi connectivity index (χ0n) is 15.4. The third-order valence-electron chi connectivity index (χ3n) is 4.55. The largest absolute Gasteiger partial charge is 0.493 e. The Kier molecular flexibility index (Phi) is 6.45. The van der Waals surface area contributed by atoms with E-state index in [1.165, 1.54) is 27.3 Å². The second kappa shape index (κ2) is 8.21. The van der Waals surface area contributed by atoms with Crippen LogP contribution < -0.4 is 14.2 Å². The average Bonchev–Trinajstić information content (AvgIpc) is 3.04. The maximum atomic E-state index is 12.8. The molecule has 1 aliphatic heterocycles. The predicted octanol–water partition coefficient (Wildman–Crippen LogP) is 0.538. The first-order chi connectivity index (χ1) is 12.2. The summed E-state index contributed by atoms with van der Waals surface area (Å²) >= 11 is 0. The van der Waals surface area contributed by atoms with E-state index in [-0.39, 0.29) is 34.5 Å². The Morgan fingerprint density at radius 3 is 2.58 bits per heavy atom. The summed E-state index contributed by atoms with van der Waals surface area (Å²) in [5.74, 6) is -0.612. The Morgan fingerprint density at radius 2 is 2.08 bits per heavy atom. The summed E-state index contributed by atoms with van der Waals surface area (Å²) in [5.41, 5.74) is -0.0937. The van der Waals surface area contributed by atoms with Crippen molar-refractivity contribution in [2.75, 3.05) is 41.4 Å². The number of methoxy groups -OCH3 is 2. The molecule has 9 nitrogen and oxygen atoms in total. The van der Waals surface area contributed by atoms with Crippen LogP contribution in [0.3, 0.4) is 0 Å². The zero-order valence-corrected chi connectivity index (χ0v) is 16.2. The Bertz CT molecular complexity index is 767. The first-order valence-corrected chi connectivity index (χ1v) is 9.64. The van der Waals surface area contributed by atoms with Crippen LogP contribution in [0.25, 0.3) is 0 Å². The minimum absolute atomic E-state index is 0.0427. The molecule has 0 radical (unpaired) electrons. The molecular formula is C16H25N3O6S. The van der Waals surface area contributed by atoms with Gasteiger partial charge in [-0.15, -0.1) is 0 Å². The molecule has 2 rings (SSSR count). The highest BCUT2D eigenvalue weighted by atomic mass is 32.2. The number of hydrogen-bond acceptors (Lipinski definition) is 7. The molecule has 1 aromatic carbocycles. The number of amides is 1. The van der Waals surface area contributed by atoms with E-state index < -0.39 is 15.9 Å². The molecular weight excluding hydrogens is 362 g/mol. The lowest BCUT2D eigenvalue weighted by atomic mass is 10.1. The second-order valence-corrected chi connectivity index (χ2v) is 7.96. The van der Waals surface area contributed by atoms with Crippen molar-refractivity contribution in [3.63, 3.8) is 0 Å². The third kappa shape index (κ3) is 4.09. The number of rotatable bonds is 7. The highest BCUT2D eigenvalue weighted by Crippen LogP contribution is 2.35. The van der Waals surface area contributed by atoms with Gasteiger partial charge in [-0.1, -0.05) is 0 Å². The van der Waals surface area contributed by atoms with E-state index in [4.69, 9.17) is 9.47 Å². The van der Waals surface area contributed by atoms with Gasteiger partial charge in [0.05, 0.1) is 31.2 Å². The number of likely N-dealkylation sites (N-methyl/N-ethyl adjacent to an activating group) is 1. The van der Waals surface area contributed by atoms with E-state index in [1.807, 2.05) is 7.05 Å². The topological polar surface area (TPSA) is 108 Å². The quantitative estimate of drug-likeness (QED) is 0.519. The summed E-state index contributed by atoms with van der Waals surface area (Å²) in [7, 11) is 2.06. The van der Waals surface area contributed by atoms with Gasteiger partial charge in [-0.3, -0.25) is 10.0 Å². The van der Waals surface area contributed by atoms with Gasteiger partial charge >= 0.3 is 0 Å². The van der Waals surface area contributed by atoms with Crippen LogP contribution in [0.15, 0.2) is 17.0 Å². The van der Waals surface area contributed by atoms with Crippen LogP contribution in [0.2, 0.25) is 0 Å². The van der Waals surface area contributed by atoms with Gasteiger partial charge in [-0.05, 0) is 39.5 Å². The average molecular weight is 387 g/mol. The molecule has 0 aliphatic carbocycles. The molecule has 1 fully saturated rings. The Balaban J connectivity index is 2.41. The number of benzene rings is 1. The van der Waals surface area contributed by atoms with Crippen molar-refractivity contribution >= 4 is 15.9 Å². The Hall–Kier alpha value is -1.88. The zero-order chi connectivity index (χ0) is 19.5. The highest BCUT2D eigenvalue weighted by Gasteiger charge is 2.29. The molecule has 0 spiro atoms. The minimum Gasteiger partial charge on any atom is -0.493 e. The number of hydroxylamine groups is 2. The van der Waals surface area contributed by atoms with Gasteiger partial charge < -0.3 is 14.4 Å². The van der Waals surface area contributed by atoms with E-state index in [9.17, 15) is 18.4 Å². The Labute approximate surface area is 153 Å². The summed E-state index contributed by atoms with van der Waals surface area (Å²) in [6, 6.07) is 2.46. The SMILES string of the molecule is CNS(=O)(=O)c1cc(OC)c(OC)c(C(=O)N(O)CC2CCCN2C)c1. The molecule has 1 heterocycles. The maximum absolute atomic E-state index is 12.8. The summed E-state index contributed by atoms with van der Waals surface area (Å²) in [4.78, 5) is 14.7.